The molecule has 14 heavy (non-hydrogen) atoms. The van der Waals surface area contributed by atoms with Crippen molar-refractivity contribution in [2.45, 2.75) is 18.9 Å². The largest absolute Gasteiger partial charge is 0.384 e. The molecule has 2 heterocycles. The Morgan fingerprint density at radius 1 is 1.64 bits per heavy atom. The summed E-state index contributed by atoms with van der Waals surface area (Å²) in [6.07, 6.45) is 2.17. The Labute approximate surface area is 82.8 Å². The van der Waals surface area contributed by atoms with Gasteiger partial charge in [0.25, 0.3) is 0 Å². The van der Waals surface area contributed by atoms with Crippen molar-refractivity contribution in [1.29, 1.82) is 0 Å². The number of anilines is 1. The van der Waals surface area contributed by atoms with Crippen molar-refractivity contribution in [2.75, 3.05) is 17.2 Å². The van der Waals surface area contributed by atoms with Gasteiger partial charge >= 0.3 is 0 Å². The fraction of sp³-hybridized carbons (Fsp3) is 0.625. The number of nitrogen functional groups attached to an aromatic ring is 1. The van der Waals surface area contributed by atoms with E-state index in [0.717, 1.165) is 0 Å². The van der Waals surface area contributed by atoms with Crippen LogP contribution in [-0.2, 0) is 15.4 Å². The van der Waals surface area contributed by atoms with E-state index in [2.05, 4.69) is 5.10 Å². The standard InChI is InChI=1S/C8H13N3O2S/c1-8(3-5-14(12,13)6-8)11-7(9)2-4-10-11/h2,4H,3,5-6,9H2,1H3. The first-order chi connectivity index (χ1) is 6.43. The highest BCUT2D eigenvalue weighted by atomic mass is 32.2. The lowest BCUT2D eigenvalue weighted by molar-refractivity contribution is 0.334. The number of hydrogen-bond acceptors (Lipinski definition) is 4. The SMILES string of the molecule is CC1(n2nccc2N)CCS(=O)(=O)C1. The molecule has 0 bridgehead atoms. The van der Waals surface area contributed by atoms with Crippen molar-refractivity contribution in [3.05, 3.63) is 12.3 Å². The Hall–Kier alpha value is -1.04. The number of aromatic nitrogens is 2. The Kier molecular flexibility index (Phi) is 1.85. The van der Waals surface area contributed by atoms with Crippen LogP contribution in [0.15, 0.2) is 12.3 Å². The van der Waals surface area contributed by atoms with Gasteiger partial charge in [0.15, 0.2) is 9.84 Å². The molecule has 1 aromatic heterocycles. The second-order valence-electron chi connectivity index (χ2n) is 4.01. The second-order valence-corrected chi connectivity index (χ2v) is 6.19. The predicted molar refractivity (Wildman–Crippen MR) is 53.6 cm³/mol. The van der Waals surface area contributed by atoms with Gasteiger partial charge in [-0.2, -0.15) is 5.10 Å². The van der Waals surface area contributed by atoms with E-state index >= 15 is 0 Å². The van der Waals surface area contributed by atoms with Crippen LogP contribution in [0.4, 0.5) is 5.82 Å². The van der Waals surface area contributed by atoms with Gasteiger partial charge < -0.3 is 5.73 Å². The number of nitrogens with two attached hydrogens (primary N) is 1. The van der Waals surface area contributed by atoms with Gasteiger partial charge in [0.1, 0.15) is 5.82 Å². The highest BCUT2D eigenvalue weighted by Crippen LogP contribution is 2.31. The third-order valence-corrected chi connectivity index (χ3v) is 4.55. The first-order valence-electron chi connectivity index (χ1n) is 4.43. The van der Waals surface area contributed by atoms with Crippen LogP contribution in [0.5, 0.6) is 0 Å². The minimum Gasteiger partial charge on any atom is -0.384 e. The summed E-state index contributed by atoms with van der Waals surface area (Å²) in [6, 6.07) is 1.68. The molecule has 0 aliphatic carbocycles. The fourth-order valence-electron chi connectivity index (χ4n) is 1.93. The summed E-state index contributed by atoms with van der Waals surface area (Å²) in [5.74, 6) is 0.874. The molecule has 5 nitrogen and oxygen atoms in total. The van der Waals surface area contributed by atoms with E-state index in [9.17, 15) is 8.42 Å². The van der Waals surface area contributed by atoms with E-state index in [1.165, 1.54) is 0 Å². The van der Waals surface area contributed by atoms with Crippen molar-refractivity contribution < 1.29 is 8.42 Å². The van der Waals surface area contributed by atoms with E-state index in [1.807, 2.05) is 6.92 Å². The predicted octanol–water partition coefficient (Wildman–Crippen LogP) is -0.00100. The summed E-state index contributed by atoms with van der Waals surface area (Å²) in [5.41, 5.74) is 5.23. The lowest BCUT2D eigenvalue weighted by atomic mass is 10.0. The highest BCUT2D eigenvalue weighted by Gasteiger charge is 2.41. The summed E-state index contributed by atoms with van der Waals surface area (Å²) in [7, 11) is -2.91. The van der Waals surface area contributed by atoms with Crippen LogP contribution in [0.3, 0.4) is 0 Å². The van der Waals surface area contributed by atoms with Gasteiger partial charge in [-0.1, -0.05) is 0 Å². The van der Waals surface area contributed by atoms with Crippen molar-refractivity contribution in [3.8, 4) is 0 Å². The van der Waals surface area contributed by atoms with Crippen LogP contribution < -0.4 is 5.73 Å². The third kappa shape index (κ3) is 1.39. The first-order valence-corrected chi connectivity index (χ1v) is 6.26. The molecular weight excluding hydrogens is 202 g/mol. The third-order valence-electron chi connectivity index (χ3n) is 2.67. The summed E-state index contributed by atoms with van der Waals surface area (Å²) in [4.78, 5) is 0. The van der Waals surface area contributed by atoms with Gasteiger partial charge in [0.2, 0.25) is 0 Å². The molecule has 2 N–H and O–H groups in total. The van der Waals surface area contributed by atoms with Crippen LogP contribution in [0.25, 0.3) is 0 Å². The van der Waals surface area contributed by atoms with Crippen molar-refractivity contribution >= 4 is 15.7 Å². The molecule has 0 spiro atoms. The molecule has 1 aliphatic rings. The van der Waals surface area contributed by atoms with Crippen molar-refractivity contribution in [2.24, 2.45) is 0 Å². The summed E-state index contributed by atoms with van der Waals surface area (Å²) < 4.78 is 24.4. The van der Waals surface area contributed by atoms with Crippen LogP contribution in [0, 0.1) is 0 Å². The van der Waals surface area contributed by atoms with E-state index in [-0.39, 0.29) is 11.5 Å². The molecule has 0 amide bonds. The quantitative estimate of drug-likeness (QED) is 0.715. The minimum atomic E-state index is -2.91. The van der Waals surface area contributed by atoms with Gasteiger partial charge in [0, 0.05) is 0 Å². The summed E-state index contributed by atoms with van der Waals surface area (Å²) in [6.45, 7) is 1.88. The van der Waals surface area contributed by atoms with Gasteiger partial charge in [-0.25, -0.2) is 13.1 Å². The molecule has 0 aromatic carbocycles. The van der Waals surface area contributed by atoms with E-state index in [1.54, 1.807) is 16.9 Å². The van der Waals surface area contributed by atoms with E-state index in [4.69, 9.17) is 5.73 Å². The second kappa shape index (κ2) is 2.73. The zero-order chi connectivity index (χ0) is 10.4. The molecule has 1 fully saturated rings. The average Bonchev–Trinajstić information content (AvgIpc) is 2.57. The molecule has 1 atom stereocenters. The van der Waals surface area contributed by atoms with Crippen molar-refractivity contribution in [3.63, 3.8) is 0 Å². The lowest BCUT2D eigenvalue weighted by Gasteiger charge is -2.23. The van der Waals surface area contributed by atoms with Crippen molar-refractivity contribution in [1.82, 2.24) is 9.78 Å². The molecule has 78 valence electrons. The van der Waals surface area contributed by atoms with Gasteiger partial charge in [-0.15, -0.1) is 0 Å². The maximum absolute atomic E-state index is 11.4. The topological polar surface area (TPSA) is 78.0 Å². The molecule has 1 aromatic rings. The van der Waals surface area contributed by atoms with E-state index < -0.39 is 15.4 Å². The molecule has 1 aliphatic heterocycles. The lowest BCUT2D eigenvalue weighted by Crippen LogP contribution is -2.33. The molecule has 0 radical (unpaired) electrons. The zero-order valence-corrected chi connectivity index (χ0v) is 8.79. The maximum Gasteiger partial charge on any atom is 0.152 e. The number of nitrogens with zero attached hydrogens (tertiary/aromatic N) is 2. The number of sulfone groups is 1. The van der Waals surface area contributed by atoms with Gasteiger partial charge in [-0.05, 0) is 19.4 Å². The molecule has 1 unspecified atom stereocenters. The normalized spacial score (nSPS) is 30.6. The number of hydrogen-bond donors (Lipinski definition) is 1. The minimum absolute atomic E-state index is 0.131. The average molecular weight is 215 g/mol. The zero-order valence-electron chi connectivity index (χ0n) is 7.97. The van der Waals surface area contributed by atoms with Gasteiger partial charge in [-0.3, -0.25) is 0 Å². The van der Waals surface area contributed by atoms with Crippen LogP contribution in [-0.4, -0.2) is 29.7 Å². The van der Waals surface area contributed by atoms with E-state index in [0.29, 0.717) is 12.2 Å². The molecular formula is C8H13N3O2S. The summed E-state index contributed by atoms with van der Waals surface area (Å²) >= 11 is 0. The molecule has 6 heteroatoms. The number of rotatable bonds is 1. The highest BCUT2D eigenvalue weighted by molar-refractivity contribution is 7.91. The van der Waals surface area contributed by atoms with Crippen LogP contribution >= 0.6 is 0 Å². The Morgan fingerprint density at radius 2 is 2.36 bits per heavy atom. The van der Waals surface area contributed by atoms with Crippen LogP contribution in [0.2, 0.25) is 0 Å². The van der Waals surface area contributed by atoms with Gasteiger partial charge in [0.05, 0.1) is 23.2 Å². The monoisotopic (exact) mass is 215 g/mol. The molecule has 2 rings (SSSR count). The molecule has 1 saturated heterocycles. The first kappa shape index (κ1) is 9.51. The Morgan fingerprint density at radius 3 is 2.79 bits per heavy atom. The summed E-state index contributed by atoms with van der Waals surface area (Å²) in [5, 5.41) is 4.06. The maximum atomic E-state index is 11.4. The Balaban J connectivity index is 2.41. The Bertz CT molecular complexity index is 451. The van der Waals surface area contributed by atoms with Crippen LogP contribution in [0.1, 0.15) is 13.3 Å². The smallest absolute Gasteiger partial charge is 0.152 e. The molecule has 0 saturated carbocycles. The fourth-order valence-corrected chi connectivity index (χ4v) is 4.03.